The number of carbonyl (C=O) groups is 1. The van der Waals surface area contributed by atoms with Gasteiger partial charge in [-0.1, -0.05) is 12.1 Å². The molecule has 2 saturated heterocycles. The minimum Gasteiger partial charge on any atom is -0.492 e. The van der Waals surface area contributed by atoms with Gasteiger partial charge >= 0.3 is 0 Å². The van der Waals surface area contributed by atoms with Crippen LogP contribution < -0.4 is 4.74 Å². The first kappa shape index (κ1) is 16.1. The highest BCUT2D eigenvalue weighted by Gasteiger charge is 2.55. The number of rotatable bonds is 5. The lowest BCUT2D eigenvalue weighted by Crippen LogP contribution is -2.66. The minimum atomic E-state index is -0.290. The zero-order valence-electron chi connectivity index (χ0n) is 14.2. The second kappa shape index (κ2) is 6.48. The number of hydrogen-bond donors (Lipinski definition) is 0. The van der Waals surface area contributed by atoms with Gasteiger partial charge in [-0.2, -0.15) is 0 Å². The number of aromatic nitrogens is 2. The van der Waals surface area contributed by atoms with Crippen LogP contribution >= 0.6 is 0 Å². The monoisotopic (exact) mass is 343 g/mol. The molecule has 2 aliphatic heterocycles. The number of carbonyl (C=O) groups excluding carboxylic acids is 1. The lowest BCUT2D eigenvalue weighted by molar-refractivity contribution is -0.122. The van der Waals surface area contributed by atoms with Gasteiger partial charge in [-0.15, -0.1) is 0 Å². The first-order valence-corrected chi connectivity index (χ1v) is 8.61. The topological polar surface area (TPSA) is 77.7 Å². The van der Waals surface area contributed by atoms with Crippen LogP contribution in [0, 0.1) is 5.92 Å². The molecule has 7 nitrogen and oxygen atoms in total. The summed E-state index contributed by atoms with van der Waals surface area (Å²) in [5.41, 5.74) is 0.264. The Morgan fingerprint density at radius 3 is 3.08 bits per heavy atom. The fourth-order valence-corrected chi connectivity index (χ4v) is 3.61. The van der Waals surface area contributed by atoms with Gasteiger partial charge in [0.15, 0.2) is 0 Å². The molecule has 4 heterocycles. The smallest absolute Gasteiger partial charge is 0.259 e. The second-order valence-electron chi connectivity index (χ2n) is 6.58. The van der Waals surface area contributed by atoms with Gasteiger partial charge in [-0.3, -0.25) is 9.78 Å². The molecular formula is C18H21N3O4. The molecule has 4 rings (SSSR count). The van der Waals surface area contributed by atoms with Crippen molar-refractivity contribution < 1.29 is 18.8 Å². The molecule has 1 atom stereocenters. The predicted octanol–water partition coefficient (Wildman–Crippen LogP) is 1.94. The molecule has 7 heteroatoms. The van der Waals surface area contributed by atoms with Crippen LogP contribution in [0.5, 0.6) is 5.75 Å². The quantitative estimate of drug-likeness (QED) is 0.826. The molecule has 0 N–H and O–H groups in total. The largest absolute Gasteiger partial charge is 0.492 e. The third-order valence-electron chi connectivity index (χ3n) is 5.09. The fourth-order valence-electron chi connectivity index (χ4n) is 3.61. The van der Waals surface area contributed by atoms with E-state index in [1.165, 1.54) is 6.20 Å². The van der Waals surface area contributed by atoms with E-state index in [0.29, 0.717) is 44.0 Å². The third-order valence-corrected chi connectivity index (χ3v) is 5.09. The third kappa shape index (κ3) is 2.89. The molecule has 2 fully saturated rings. The summed E-state index contributed by atoms with van der Waals surface area (Å²) in [6.45, 7) is 4.39. The molecule has 0 saturated carbocycles. The average molecular weight is 343 g/mol. The molecule has 2 aromatic heterocycles. The average Bonchev–Trinajstić information content (AvgIpc) is 3.25. The summed E-state index contributed by atoms with van der Waals surface area (Å²) in [5, 5.41) is 3.74. The van der Waals surface area contributed by atoms with E-state index < -0.39 is 0 Å². The van der Waals surface area contributed by atoms with Gasteiger partial charge in [-0.25, -0.2) is 0 Å². The molecule has 0 aromatic carbocycles. The van der Waals surface area contributed by atoms with Gasteiger partial charge in [-0.05, 0) is 18.6 Å². The van der Waals surface area contributed by atoms with E-state index in [2.05, 4.69) is 10.1 Å². The van der Waals surface area contributed by atoms with Gasteiger partial charge in [0.05, 0.1) is 32.1 Å². The molecule has 25 heavy (non-hydrogen) atoms. The molecule has 1 spiro atoms. The molecular weight excluding hydrogens is 322 g/mol. The summed E-state index contributed by atoms with van der Waals surface area (Å²) in [5.74, 6) is 1.62. The van der Waals surface area contributed by atoms with Crippen LogP contribution in [-0.2, 0) is 11.2 Å². The van der Waals surface area contributed by atoms with Crippen molar-refractivity contribution in [2.45, 2.75) is 25.4 Å². The number of ether oxygens (including phenoxy) is 2. The maximum Gasteiger partial charge on any atom is 0.259 e. The highest BCUT2D eigenvalue weighted by molar-refractivity contribution is 5.95. The summed E-state index contributed by atoms with van der Waals surface area (Å²) in [6.07, 6.45) is 6.52. The van der Waals surface area contributed by atoms with Crippen LogP contribution in [0.4, 0.5) is 0 Å². The van der Waals surface area contributed by atoms with E-state index >= 15 is 0 Å². The van der Waals surface area contributed by atoms with Crippen molar-refractivity contribution in [2.24, 2.45) is 5.92 Å². The van der Waals surface area contributed by atoms with Gasteiger partial charge in [0.1, 0.15) is 22.7 Å². The molecule has 0 bridgehead atoms. The first-order chi connectivity index (χ1) is 12.2. The highest BCUT2D eigenvalue weighted by Crippen LogP contribution is 2.40. The Balaban J connectivity index is 1.38. The summed E-state index contributed by atoms with van der Waals surface area (Å²) in [7, 11) is 0. The zero-order valence-corrected chi connectivity index (χ0v) is 14.2. The maximum atomic E-state index is 12.6. The van der Waals surface area contributed by atoms with Crippen molar-refractivity contribution in [3.8, 4) is 5.75 Å². The van der Waals surface area contributed by atoms with E-state index in [1.807, 2.05) is 19.1 Å². The van der Waals surface area contributed by atoms with E-state index in [0.717, 1.165) is 12.2 Å². The number of pyridine rings is 1. The Morgan fingerprint density at radius 1 is 1.44 bits per heavy atom. The molecule has 0 radical (unpaired) electrons. The molecule has 2 aromatic rings. The van der Waals surface area contributed by atoms with Crippen molar-refractivity contribution >= 4 is 5.91 Å². The van der Waals surface area contributed by atoms with Crippen LogP contribution in [0.25, 0.3) is 0 Å². The highest BCUT2D eigenvalue weighted by atomic mass is 16.5. The lowest BCUT2D eigenvalue weighted by atomic mass is 9.81. The fraction of sp³-hybridized carbons (Fsp3) is 0.500. The van der Waals surface area contributed by atoms with Crippen LogP contribution in [0.1, 0.15) is 29.5 Å². The van der Waals surface area contributed by atoms with Crippen molar-refractivity contribution in [1.82, 2.24) is 15.0 Å². The Hall–Kier alpha value is -2.41. The summed E-state index contributed by atoms with van der Waals surface area (Å²) in [4.78, 5) is 18.5. The van der Waals surface area contributed by atoms with Crippen molar-refractivity contribution in [1.29, 1.82) is 0 Å². The van der Waals surface area contributed by atoms with Crippen molar-refractivity contribution in [2.75, 3.05) is 26.3 Å². The first-order valence-electron chi connectivity index (χ1n) is 8.61. The van der Waals surface area contributed by atoms with E-state index in [1.54, 1.807) is 17.3 Å². The number of nitrogens with zero attached hydrogens (tertiary/aromatic N) is 3. The molecule has 1 amide bonds. The Labute approximate surface area is 145 Å². The van der Waals surface area contributed by atoms with Crippen molar-refractivity contribution in [3.05, 3.63) is 42.0 Å². The minimum absolute atomic E-state index is 0.0360. The van der Waals surface area contributed by atoms with Gasteiger partial charge in [0.2, 0.25) is 0 Å². The number of aryl methyl sites for hydroxylation is 1. The predicted molar refractivity (Wildman–Crippen MR) is 88.3 cm³/mol. The number of likely N-dealkylation sites (tertiary alicyclic amines) is 1. The van der Waals surface area contributed by atoms with E-state index in [4.69, 9.17) is 14.0 Å². The standard InChI is InChI=1S/C18H21N3O4/c1-2-16-15(9-20-25-16)17(22)21-11-18(12-21)13(5-7-24-18)10-23-14-4-3-6-19-8-14/h3-4,6,8-9,13H,2,5,7,10-12H2,1H3/t13-/m0/s1. The lowest BCUT2D eigenvalue weighted by Gasteiger charge is -2.49. The van der Waals surface area contributed by atoms with Crippen LogP contribution in [0.3, 0.4) is 0 Å². The Kier molecular flexibility index (Phi) is 4.17. The van der Waals surface area contributed by atoms with Crippen LogP contribution in [0.15, 0.2) is 35.2 Å². The SMILES string of the molecule is CCc1oncc1C(=O)N1CC2(C1)OCC[C@H]2COc1cccnc1. The zero-order chi connectivity index (χ0) is 17.3. The molecule has 0 aliphatic carbocycles. The Bertz CT molecular complexity index is 740. The Morgan fingerprint density at radius 2 is 2.32 bits per heavy atom. The summed E-state index contributed by atoms with van der Waals surface area (Å²) in [6, 6.07) is 3.74. The number of amides is 1. The van der Waals surface area contributed by atoms with Gasteiger partial charge in [0.25, 0.3) is 5.91 Å². The van der Waals surface area contributed by atoms with Crippen LogP contribution in [-0.4, -0.2) is 52.9 Å². The van der Waals surface area contributed by atoms with Gasteiger partial charge in [0, 0.05) is 25.1 Å². The number of hydrogen-bond acceptors (Lipinski definition) is 6. The molecule has 132 valence electrons. The molecule has 2 aliphatic rings. The maximum absolute atomic E-state index is 12.6. The van der Waals surface area contributed by atoms with Crippen molar-refractivity contribution in [3.63, 3.8) is 0 Å². The normalized spacial score (nSPS) is 21.3. The van der Waals surface area contributed by atoms with Crippen LogP contribution in [0.2, 0.25) is 0 Å². The van der Waals surface area contributed by atoms with E-state index in [9.17, 15) is 4.79 Å². The van der Waals surface area contributed by atoms with Gasteiger partial charge < -0.3 is 18.9 Å². The van der Waals surface area contributed by atoms with E-state index in [-0.39, 0.29) is 17.4 Å². The molecule has 0 unspecified atom stereocenters. The second-order valence-corrected chi connectivity index (χ2v) is 6.58. The summed E-state index contributed by atoms with van der Waals surface area (Å²) >= 11 is 0. The summed E-state index contributed by atoms with van der Waals surface area (Å²) < 4.78 is 17.0.